The Hall–Kier alpha value is -1.51. The number of rotatable bonds is 5. The molecule has 1 amide bonds. The number of amides is 1. The number of aryl methyl sites for hydroxylation is 1. The molecule has 3 heteroatoms. The van der Waals surface area contributed by atoms with E-state index in [9.17, 15) is 9.90 Å². The summed E-state index contributed by atoms with van der Waals surface area (Å²) in [5.41, 5.74) is 1.34. The minimum absolute atomic E-state index is 0.0670. The van der Waals surface area contributed by atoms with Gasteiger partial charge in [-0.3, -0.25) is 4.79 Å². The molecule has 0 bridgehead atoms. The molecule has 1 rings (SSSR count). The SMILES string of the molecule is CCCCCN(C)C(=O)c1ccc(C)cc1O. The predicted molar refractivity (Wildman–Crippen MR) is 69.3 cm³/mol. The normalized spacial score (nSPS) is 10.3. The van der Waals surface area contributed by atoms with Crippen molar-refractivity contribution in [1.29, 1.82) is 0 Å². The Labute approximate surface area is 103 Å². The molecule has 1 N–H and O–H groups in total. The summed E-state index contributed by atoms with van der Waals surface area (Å²) in [6.07, 6.45) is 3.26. The first kappa shape index (κ1) is 13.6. The molecule has 0 aromatic heterocycles. The van der Waals surface area contributed by atoms with Crippen molar-refractivity contribution in [3.05, 3.63) is 29.3 Å². The van der Waals surface area contributed by atoms with Crippen LogP contribution in [0.1, 0.15) is 42.1 Å². The zero-order valence-corrected chi connectivity index (χ0v) is 10.9. The van der Waals surface area contributed by atoms with E-state index >= 15 is 0 Å². The van der Waals surface area contributed by atoms with Crippen LogP contribution in [0.2, 0.25) is 0 Å². The minimum Gasteiger partial charge on any atom is -0.507 e. The van der Waals surface area contributed by atoms with Crippen molar-refractivity contribution in [1.82, 2.24) is 4.90 Å². The molecule has 0 fully saturated rings. The summed E-state index contributed by atoms with van der Waals surface area (Å²) in [6.45, 7) is 4.76. The minimum atomic E-state index is -0.112. The molecule has 17 heavy (non-hydrogen) atoms. The number of hydrogen-bond acceptors (Lipinski definition) is 2. The molecule has 0 unspecified atom stereocenters. The van der Waals surface area contributed by atoms with Crippen molar-refractivity contribution in [2.24, 2.45) is 0 Å². The average Bonchev–Trinajstić information content (AvgIpc) is 2.28. The smallest absolute Gasteiger partial charge is 0.257 e. The lowest BCUT2D eigenvalue weighted by molar-refractivity contribution is 0.0789. The van der Waals surface area contributed by atoms with Crippen LogP contribution in [-0.2, 0) is 0 Å². The number of aromatic hydroxyl groups is 1. The summed E-state index contributed by atoms with van der Waals surface area (Å²) in [6, 6.07) is 5.14. The van der Waals surface area contributed by atoms with Gasteiger partial charge in [-0.2, -0.15) is 0 Å². The van der Waals surface area contributed by atoms with Crippen molar-refractivity contribution in [3.8, 4) is 5.75 Å². The number of unbranched alkanes of at least 4 members (excludes halogenated alkanes) is 2. The maximum Gasteiger partial charge on any atom is 0.257 e. The third kappa shape index (κ3) is 3.77. The highest BCUT2D eigenvalue weighted by molar-refractivity contribution is 5.96. The van der Waals surface area contributed by atoms with Gasteiger partial charge in [-0.05, 0) is 31.0 Å². The fourth-order valence-corrected chi connectivity index (χ4v) is 1.73. The quantitative estimate of drug-likeness (QED) is 0.797. The zero-order chi connectivity index (χ0) is 12.8. The fourth-order valence-electron chi connectivity index (χ4n) is 1.73. The molecule has 0 heterocycles. The van der Waals surface area contributed by atoms with Crippen LogP contribution >= 0.6 is 0 Å². The first-order valence-corrected chi connectivity index (χ1v) is 6.11. The van der Waals surface area contributed by atoms with E-state index in [1.54, 1.807) is 24.1 Å². The van der Waals surface area contributed by atoms with Crippen LogP contribution in [-0.4, -0.2) is 29.5 Å². The predicted octanol–water partition coefficient (Wildman–Crippen LogP) is 2.96. The van der Waals surface area contributed by atoms with Crippen LogP contribution in [0.15, 0.2) is 18.2 Å². The Balaban J connectivity index is 2.68. The van der Waals surface area contributed by atoms with Crippen LogP contribution < -0.4 is 0 Å². The molecular formula is C14H21NO2. The van der Waals surface area contributed by atoms with Gasteiger partial charge >= 0.3 is 0 Å². The summed E-state index contributed by atoms with van der Waals surface area (Å²) < 4.78 is 0. The number of phenolic OH excluding ortho intramolecular Hbond substituents is 1. The number of phenols is 1. The van der Waals surface area contributed by atoms with Gasteiger partial charge in [0.25, 0.3) is 5.91 Å². The van der Waals surface area contributed by atoms with Crippen LogP contribution in [0.25, 0.3) is 0 Å². The second kappa shape index (κ2) is 6.28. The summed E-state index contributed by atoms with van der Waals surface area (Å²) in [5, 5.41) is 9.73. The molecule has 0 spiro atoms. The van der Waals surface area contributed by atoms with Crippen LogP contribution in [0.5, 0.6) is 5.75 Å². The number of carbonyl (C=O) groups excluding carboxylic acids is 1. The summed E-state index contributed by atoms with van der Waals surface area (Å²) in [7, 11) is 1.78. The van der Waals surface area contributed by atoms with Gasteiger partial charge < -0.3 is 10.0 Å². The van der Waals surface area contributed by atoms with E-state index in [0.29, 0.717) is 5.56 Å². The van der Waals surface area contributed by atoms with Crippen molar-refractivity contribution < 1.29 is 9.90 Å². The summed E-state index contributed by atoms with van der Waals surface area (Å²) in [5.74, 6) is -0.0454. The van der Waals surface area contributed by atoms with Gasteiger partial charge in [0.2, 0.25) is 0 Å². The van der Waals surface area contributed by atoms with Gasteiger partial charge in [-0.1, -0.05) is 25.8 Å². The van der Waals surface area contributed by atoms with Gasteiger partial charge in [0.05, 0.1) is 5.56 Å². The molecular weight excluding hydrogens is 214 g/mol. The van der Waals surface area contributed by atoms with Gasteiger partial charge in [0, 0.05) is 13.6 Å². The van der Waals surface area contributed by atoms with Crippen molar-refractivity contribution in [2.75, 3.05) is 13.6 Å². The van der Waals surface area contributed by atoms with Crippen LogP contribution in [0, 0.1) is 6.92 Å². The van der Waals surface area contributed by atoms with Crippen molar-refractivity contribution in [2.45, 2.75) is 33.1 Å². The molecule has 0 aliphatic heterocycles. The number of carbonyl (C=O) groups is 1. The summed E-state index contributed by atoms with van der Waals surface area (Å²) >= 11 is 0. The second-order valence-electron chi connectivity index (χ2n) is 4.45. The lowest BCUT2D eigenvalue weighted by Gasteiger charge is -2.17. The highest BCUT2D eigenvalue weighted by atomic mass is 16.3. The molecule has 0 saturated carbocycles. The van der Waals surface area contributed by atoms with E-state index in [1.165, 1.54) is 0 Å². The molecule has 0 aliphatic rings. The lowest BCUT2D eigenvalue weighted by Crippen LogP contribution is -2.27. The van der Waals surface area contributed by atoms with E-state index in [-0.39, 0.29) is 11.7 Å². The number of nitrogens with zero attached hydrogens (tertiary/aromatic N) is 1. The Morgan fingerprint density at radius 2 is 2.06 bits per heavy atom. The third-order valence-corrected chi connectivity index (χ3v) is 2.83. The van der Waals surface area contributed by atoms with E-state index in [2.05, 4.69) is 6.92 Å². The Morgan fingerprint density at radius 1 is 1.35 bits per heavy atom. The second-order valence-corrected chi connectivity index (χ2v) is 4.45. The third-order valence-electron chi connectivity index (χ3n) is 2.83. The molecule has 0 atom stereocenters. The van der Waals surface area contributed by atoms with Gasteiger partial charge in [0.15, 0.2) is 0 Å². The highest BCUT2D eigenvalue weighted by Gasteiger charge is 2.14. The summed E-state index contributed by atoms with van der Waals surface area (Å²) in [4.78, 5) is 13.7. The number of hydrogen-bond donors (Lipinski definition) is 1. The standard InChI is InChI=1S/C14H21NO2/c1-4-5-6-9-15(3)14(17)12-8-7-11(2)10-13(12)16/h7-8,10,16H,4-6,9H2,1-3H3. The van der Waals surface area contributed by atoms with E-state index in [4.69, 9.17) is 0 Å². The largest absolute Gasteiger partial charge is 0.507 e. The average molecular weight is 235 g/mol. The first-order chi connectivity index (χ1) is 8.06. The molecule has 3 nitrogen and oxygen atoms in total. The highest BCUT2D eigenvalue weighted by Crippen LogP contribution is 2.19. The molecule has 1 aromatic carbocycles. The maximum atomic E-state index is 12.0. The van der Waals surface area contributed by atoms with Crippen molar-refractivity contribution in [3.63, 3.8) is 0 Å². The Bertz CT molecular complexity index is 388. The molecule has 0 saturated heterocycles. The van der Waals surface area contributed by atoms with E-state index < -0.39 is 0 Å². The fraction of sp³-hybridized carbons (Fsp3) is 0.500. The molecule has 0 radical (unpaired) electrons. The van der Waals surface area contributed by atoms with Crippen molar-refractivity contribution >= 4 is 5.91 Å². The Morgan fingerprint density at radius 3 is 2.65 bits per heavy atom. The van der Waals surface area contributed by atoms with E-state index in [1.807, 2.05) is 13.0 Å². The zero-order valence-electron chi connectivity index (χ0n) is 10.9. The van der Waals surface area contributed by atoms with Gasteiger partial charge in [0.1, 0.15) is 5.75 Å². The molecule has 1 aromatic rings. The van der Waals surface area contributed by atoms with Gasteiger partial charge in [-0.25, -0.2) is 0 Å². The topological polar surface area (TPSA) is 40.5 Å². The number of benzene rings is 1. The van der Waals surface area contributed by atoms with E-state index in [0.717, 1.165) is 31.4 Å². The maximum absolute atomic E-state index is 12.0. The van der Waals surface area contributed by atoms with Gasteiger partial charge in [-0.15, -0.1) is 0 Å². The molecule has 0 aliphatic carbocycles. The van der Waals surface area contributed by atoms with Crippen LogP contribution in [0.3, 0.4) is 0 Å². The van der Waals surface area contributed by atoms with Crippen LogP contribution in [0.4, 0.5) is 0 Å². The Kier molecular flexibility index (Phi) is 5.01. The monoisotopic (exact) mass is 235 g/mol. The molecule has 94 valence electrons. The first-order valence-electron chi connectivity index (χ1n) is 6.11. The lowest BCUT2D eigenvalue weighted by atomic mass is 10.1.